The quantitative estimate of drug-likeness (QED) is 0.0816. The zero-order chi connectivity index (χ0) is 51.6. The third-order valence-electron chi connectivity index (χ3n) is 12.6. The molecule has 0 aromatic heterocycles. The first-order valence-corrected chi connectivity index (χ1v) is 23.4. The van der Waals surface area contributed by atoms with Gasteiger partial charge in [-0.2, -0.15) is 0 Å². The highest BCUT2D eigenvalue weighted by Gasteiger charge is 2.50. The normalized spacial score (nSPS) is 29.7. The van der Waals surface area contributed by atoms with Crippen molar-refractivity contribution < 1.29 is 74.4 Å². The number of benzene rings is 2. The van der Waals surface area contributed by atoms with E-state index in [1.165, 1.54) is 43.3 Å². The van der Waals surface area contributed by atoms with Crippen molar-refractivity contribution in [3.63, 3.8) is 0 Å². The molecular weight excluding hydrogens is 915 g/mol. The molecule has 5 rings (SSSR count). The van der Waals surface area contributed by atoms with Crippen LogP contribution in [0, 0.1) is 17.8 Å². The van der Waals surface area contributed by atoms with Crippen molar-refractivity contribution in [1.29, 1.82) is 0 Å². The molecule has 14 atom stereocenters. The molecule has 70 heavy (non-hydrogen) atoms. The highest BCUT2D eigenvalue weighted by molar-refractivity contribution is 6.00. The number of hydrogen-bond acceptors (Lipinski definition) is 15. The van der Waals surface area contributed by atoms with Crippen molar-refractivity contribution in [1.82, 2.24) is 36.4 Å². The van der Waals surface area contributed by atoms with Crippen LogP contribution in [0.15, 0.2) is 48.5 Å². The van der Waals surface area contributed by atoms with Crippen LogP contribution in [-0.4, -0.2) is 184 Å². The van der Waals surface area contributed by atoms with Crippen LogP contribution in [0.1, 0.15) is 87.7 Å². The number of aromatic hydroxyl groups is 1. The smallest absolute Gasteiger partial charge is 0.251 e. The number of carbonyl (C=O) groups excluding carboxylic acids is 7. The first kappa shape index (κ1) is 54.7. The van der Waals surface area contributed by atoms with E-state index in [2.05, 4.69) is 45.3 Å². The van der Waals surface area contributed by atoms with Gasteiger partial charge in [-0.15, -0.1) is 0 Å². The van der Waals surface area contributed by atoms with Crippen molar-refractivity contribution in [2.45, 2.75) is 152 Å². The Morgan fingerprint density at radius 2 is 1.34 bits per heavy atom. The molecule has 3 saturated heterocycles. The van der Waals surface area contributed by atoms with Crippen molar-refractivity contribution in [3.05, 3.63) is 65.2 Å². The molecule has 22 nitrogen and oxygen atoms in total. The topological polar surface area (TPSA) is 348 Å². The number of hydrogen-bond donors (Lipinski definition) is 13. The molecule has 3 aliphatic rings. The molecule has 3 fully saturated rings. The lowest BCUT2D eigenvalue weighted by atomic mass is 9.99. The Kier molecular flexibility index (Phi) is 19.2. The Bertz CT molecular complexity index is 2250. The molecule has 22 heteroatoms. The first-order valence-electron chi connectivity index (χ1n) is 23.4. The fourth-order valence-corrected chi connectivity index (χ4v) is 8.57. The average Bonchev–Trinajstić information content (AvgIpc) is 3.86. The Hall–Kier alpha value is -6.19. The number of fused-ring (bicyclic) bond motifs is 2. The van der Waals surface area contributed by atoms with Crippen LogP contribution in [0.2, 0.25) is 0 Å². The Morgan fingerprint density at radius 1 is 0.743 bits per heavy atom. The highest BCUT2D eigenvalue weighted by atomic mass is 16.3. The summed E-state index contributed by atoms with van der Waals surface area (Å²) in [7, 11) is 0. The molecule has 0 spiro atoms. The van der Waals surface area contributed by atoms with E-state index in [0.717, 1.165) is 42.9 Å². The number of nitrogens with one attached hydrogen (secondary N) is 5. The molecule has 13 N–H and O–H groups in total. The SMILES string of the molecule is CCCCCC#Cc1ccc(C(=O)NC2CC(O)C(O)NC(=O)C3C(O)C(C)CN3C(=O)C(C(C)O)NC(=O)C(C(O)Cc3ccc(O)cc3)NC(=O)C3CC(O)CN3C(=O)C(C(C)O)NC2=O)cc1. The maximum absolute atomic E-state index is 14.3. The lowest BCUT2D eigenvalue weighted by molar-refractivity contribution is -0.148. The minimum absolute atomic E-state index is 0.0298. The van der Waals surface area contributed by atoms with E-state index in [-0.39, 0.29) is 24.3 Å². The lowest BCUT2D eigenvalue weighted by Gasteiger charge is -2.33. The van der Waals surface area contributed by atoms with E-state index in [4.69, 9.17) is 0 Å². The number of aliphatic hydroxyl groups excluding tert-OH is 7. The predicted molar refractivity (Wildman–Crippen MR) is 247 cm³/mol. The van der Waals surface area contributed by atoms with Crippen molar-refractivity contribution in [2.75, 3.05) is 13.1 Å². The Morgan fingerprint density at radius 3 is 1.96 bits per heavy atom. The van der Waals surface area contributed by atoms with Gasteiger partial charge in [0.05, 0.1) is 30.5 Å². The summed E-state index contributed by atoms with van der Waals surface area (Å²) in [6.07, 6.45) is -10.5. The van der Waals surface area contributed by atoms with E-state index in [9.17, 15) is 74.4 Å². The summed E-state index contributed by atoms with van der Waals surface area (Å²) < 4.78 is 0. The van der Waals surface area contributed by atoms with Gasteiger partial charge in [-0.3, -0.25) is 33.6 Å². The van der Waals surface area contributed by atoms with E-state index in [0.29, 0.717) is 17.5 Å². The van der Waals surface area contributed by atoms with Crippen LogP contribution in [-0.2, 0) is 35.2 Å². The molecule has 3 aliphatic heterocycles. The summed E-state index contributed by atoms with van der Waals surface area (Å²) in [4.78, 5) is 100. The number of unbranched alkanes of at least 4 members (excludes halogenated alkanes) is 3. The van der Waals surface area contributed by atoms with Gasteiger partial charge in [-0.1, -0.05) is 50.7 Å². The number of nitrogens with zero attached hydrogens (tertiary/aromatic N) is 2. The van der Waals surface area contributed by atoms with Gasteiger partial charge in [0.2, 0.25) is 35.4 Å². The van der Waals surface area contributed by atoms with E-state index in [1.54, 1.807) is 12.1 Å². The predicted octanol–water partition coefficient (Wildman–Crippen LogP) is -3.39. The summed E-state index contributed by atoms with van der Waals surface area (Å²) in [6, 6.07) is 0.472. The number of aliphatic hydroxyl groups is 7. The van der Waals surface area contributed by atoms with Gasteiger partial charge >= 0.3 is 0 Å². The lowest BCUT2D eigenvalue weighted by Crippen LogP contribution is -2.64. The third kappa shape index (κ3) is 13.8. The maximum Gasteiger partial charge on any atom is 0.251 e. The summed E-state index contributed by atoms with van der Waals surface area (Å²) in [5.41, 5.74) is 0.998. The zero-order valence-corrected chi connectivity index (χ0v) is 39.4. The average molecular weight is 980 g/mol. The first-order chi connectivity index (χ1) is 33.1. The number of carbonyl (C=O) groups is 7. The van der Waals surface area contributed by atoms with Crippen LogP contribution < -0.4 is 26.6 Å². The van der Waals surface area contributed by atoms with E-state index in [1.807, 2.05) is 0 Å². The van der Waals surface area contributed by atoms with Crippen LogP contribution in [0.4, 0.5) is 0 Å². The monoisotopic (exact) mass is 979 g/mol. The van der Waals surface area contributed by atoms with Gasteiger partial charge < -0.3 is 77.2 Å². The van der Waals surface area contributed by atoms with Gasteiger partial charge in [-0.25, -0.2) is 0 Å². The molecular formula is C48H65N7O15. The standard InChI is InChI=1S/C48H65N7O15/c1-5-6-7-8-9-10-27-11-15-29(16-12-27)41(63)49-32-21-35(61)44(66)53-46(68)39-40(62)24(2)22-55(39)48(70)37(26(4)57)51-45(67)38(34(60)19-28-13-17-30(58)18-14-28)52-43(65)33-20-31(59)23-54(33)47(69)36(25(3)56)50-42(32)64/h11-18,24-26,31-40,44,56-62,66H,5-8,19-23H2,1-4H3,(H,49,63)(H,50,64)(H,51,67)(H,52,65)(H,53,68). The fraction of sp³-hybridized carbons (Fsp3) is 0.562. The molecule has 2 aromatic carbocycles. The molecule has 2 aromatic rings. The van der Waals surface area contributed by atoms with Gasteiger partial charge in [0.15, 0.2) is 6.23 Å². The largest absolute Gasteiger partial charge is 0.508 e. The molecule has 0 radical (unpaired) electrons. The summed E-state index contributed by atoms with van der Waals surface area (Å²) in [5.74, 6) is -2.70. The van der Waals surface area contributed by atoms with E-state index >= 15 is 0 Å². The third-order valence-corrected chi connectivity index (χ3v) is 12.6. The number of amides is 7. The summed E-state index contributed by atoms with van der Waals surface area (Å²) in [5, 5.41) is 99.3. The van der Waals surface area contributed by atoms with Gasteiger partial charge in [0.25, 0.3) is 5.91 Å². The molecule has 7 amide bonds. The zero-order valence-electron chi connectivity index (χ0n) is 39.4. The van der Waals surface area contributed by atoms with Crippen molar-refractivity contribution in [2.24, 2.45) is 5.92 Å². The second-order valence-corrected chi connectivity index (χ2v) is 18.3. The van der Waals surface area contributed by atoms with Crippen molar-refractivity contribution >= 4 is 41.4 Å². The van der Waals surface area contributed by atoms with Gasteiger partial charge in [0, 0.05) is 55.8 Å². The molecule has 0 aliphatic carbocycles. The molecule has 0 saturated carbocycles. The van der Waals surface area contributed by atoms with Crippen LogP contribution >= 0.6 is 0 Å². The molecule has 14 unspecified atom stereocenters. The molecule has 382 valence electrons. The second-order valence-electron chi connectivity index (χ2n) is 18.3. The number of phenols is 1. The summed E-state index contributed by atoms with van der Waals surface area (Å²) in [6.45, 7) is 4.98. The minimum Gasteiger partial charge on any atom is -0.508 e. The highest BCUT2D eigenvalue weighted by Crippen LogP contribution is 2.27. The van der Waals surface area contributed by atoms with Gasteiger partial charge in [-0.05, 0) is 62.2 Å². The number of phenolic OH excluding ortho intramolecular Hbond substituents is 1. The Labute approximate surface area is 404 Å². The van der Waals surface area contributed by atoms with Gasteiger partial charge in [0.1, 0.15) is 48.1 Å². The van der Waals surface area contributed by atoms with E-state index < -0.39 is 146 Å². The summed E-state index contributed by atoms with van der Waals surface area (Å²) >= 11 is 0. The maximum atomic E-state index is 14.3. The molecule has 3 heterocycles. The fourth-order valence-electron chi connectivity index (χ4n) is 8.57. The number of rotatable bonds is 10. The Balaban J connectivity index is 1.54. The van der Waals surface area contributed by atoms with Crippen molar-refractivity contribution in [3.8, 4) is 17.6 Å². The molecule has 0 bridgehead atoms. The minimum atomic E-state index is -2.25. The van der Waals surface area contributed by atoms with Crippen LogP contribution in [0.25, 0.3) is 0 Å². The van der Waals surface area contributed by atoms with Crippen LogP contribution in [0.5, 0.6) is 5.75 Å². The van der Waals surface area contributed by atoms with Crippen LogP contribution in [0.3, 0.4) is 0 Å². The second kappa shape index (κ2) is 24.6.